The maximum atomic E-state index is 10.8. The molecule has 0 aliphatic heterocycles. The van der Waals surface area contributed by atoms with E-state index >= 15 is 0 Å². The Balaban J connectivity index is 2.48. The van der Waals surface area contributed by atoms with Gasteiger partial charge in [-0.2, -0.15) is 0 Å². The number of carbonyl (C=O) groups is 1. The van der Waals surface area contributed by atoms with Crippen LogP contribution in [-0.4, -0.2) is 36.6 Å². The second-order valence-electron chi connectivity index (χ2n) is 3.92. The molecule has 0 bridgehead atoms. The molecule has 0 spiro atoms. The summed E-state index contributed by atoms with van der Waals surface area (Å²) in [6.45, 7) is 3.94. The van der Waals surface area contributed by atoms with Crippen LogP contribution in [0, 0.1) is 0 Å². The molecule has 0 radical (unpaired) electrons. The molecule has 0 aliphatic rings. The molecule has 5 heteroatoms. The third kappa shape index (κ3) is 5.53. The lowest BCUT2D eigenvalue weighted by atomic mass is 10.2. The van der Waals surface area contributed by atoms with Crippen LogP contribution in [0.25, 0.3) is 0 Å². The minimum absolute atomic E-state index is 0.429. The Morgan fingerprint density at radius 1 is 1.56 bits per heavy atom. The lowest BCUT2D eigenvalue weighted by molar-refractivity contribution is -0.136. The highest BCUT2D eigenvalue weighted by Gasteiger charge is 2.12. The van der Waals surface area contributed by atoms with E-state index < -0.39 is 11.2 Å². The first-order chi connectivity index (χ1) is 8.63. The van der Waals surface area contributed by atoms with E-state index in [1.54, 1.807) is 14.0 Å². The quantitative estimate of drug-likeness (QED) is 0.558. The Labute approximate surface area is 112 Å². The average molecular weight is 269 g/mol. The van der Waals surface area contributed by atoms with Gasteiger partial charge in [0.1, 0.15) is 5.25 Å². The van der Waals surface area contributed by atoms with Crippen molar-refractivity contribution < 1.29 is 14.6 Å². The molecule has 0 amide bonds. The zero-order chi connectivity index (χ0) is 13.4. The fourth-order valence-corrected chi connectivity index (χ4v) is 2.28. The van der Waals surface area contributed by atoms with Crippen LogP contribution in [-0.2, 0) is 16.1 Å². The monoisotopic (exact) mass is 269 g/mol. The van der Waals surface area contributed by atoms with Gasteiger partial charge in [-0.15, -0.1) is 11.8 Å². The van der Waals surface area contributed by atoms with Crippen molar-refractivity contribution in [1.29, 1.82) is 0 Å². The number of carboxylic acids is 1. The fraction of sp³-hybridized carbons (Fsp3) is 0.462. The smallest absolute Gasteiger partial charge is 0.316 e. The van der Waals surface area contributed by atoms with Crippen LogP contribution < -0.4 is 5.32 Å². The van der Waals surface area contributed by atoms with Crippen LogP contribution in [0.15, 0.2) is 29.2 Å². The summed E-state index contributed by atoms with van der Waals surface area (Å²) in [6.07, 6.45) is 0. The van der Waals surface area contributed by atoms with Crippen molar-refractivity contribution in [3.8, 4) is 0 Å². The number of thioether (sulfide) groups is 1. The Kier molecular flexibility index (Phi) is 6.78. The first kappa shape index (κ1) is 15.0. The van der Waals surface area contributed by atoms with Crippen molar-refractivity contribution in [2.75, 3.05) is 20.3 Å². The first-order valence-electron chi connectivity index (χ1n) is 5.81. The molecule has 0 saturated heterocycles. The molecule has 0 aliphatic carbocycles. The van der Waals surface area contributed by atoms with Crippen molar-refractivity contribution in [2.24, 2.45) is 0 Å². The number of methoxy groups -OCH3 is 1. The number of benzene rings is 1. The number of nitrogens with one attached hydrogen (secondary N) is 1. The van der Waals surface area contributed by atoms with Crippen molar-refractivity contribution >= 4 is 17.7 Å². The Bertz CT molecular complexity index is 384. The van der Waals surface area contributed by atoms with Gasteiger partial charge in [-0.3, -0.25) is 4.79 Å². The number of aliphatic carboxylic acids is 1. The summed E-state index contributed by atoms with van der Waals surface area (Å²) in [5.74, 6) is -0.788. The molecule has 100 valence electrons. The van der Waals surface area contributed by atoms with E-state index in [0.29, 0.717) is 6.61 Å². The molecule has 2 N–H and O–H groups in total. The van der Waals surface area contributed by atoms with E-state index in [-0.39, 0.29) is 0 Å². The molecule has 1 aromatic carbocycles. The molecular formula is C13H19NO3S. The van der Waals surface area contributed by atoms with E-state index in [0.717, 1.165) is 23.5 Å². The highest BCUT2D eigenvalue weighted by atomic mass is 32.2. The summed E-state index contributed by atoms with van der Waals surface area (Å²) in [5, 5.41) is 11.7. The van der Waals surface area contributed by atoms with Crippen LogP contribution in [0.4, 0.5) is 0 Å². The second-order valence-corrected chi connectivity index (χ2v) is 5.33. The molecule has 0 aromatic heterocycles. The summed E-state index contributed by atoms with van der Waals surface area (Å²) in [7, 11) is 1.67. The number of hydrogen-bond acceptors (Lipinski definition) is 4. The van der Waals surface area contributed by atoms with Gasteiger partial charge in [-0.1, -0.05) is 12.1 Å². The van der Waals surface area contributed by atoms with E-state index in [9.17, 15) is 4.79 Å². The SMILES string of the molecule is COCCNCc1cccc(SC(C)C(=O)O)c1. The summed E-state index contributed by atoms with van der Waals surface area (Å²) in [5.41, 5.74) is 1.15. The van der Waals surface area contributed by atoms with Gasteiger partial charge >= 0.3 is 5.97 Å². The maximum Gasteiger partial charge on any atom is 0.316 e. The van der Waals surface area contributed by atoms with Crippen LogP contribution in [0.2, 0.25) is 0 Å². The minimum atomic E-state index is -0.788. The molecular weight excluding hydrogens is 250 g/mol. The number of carboxylic acid groups (broad SMARTS) is 1. The fourth-order valence-electron chi connectivity index (χ4n) is 1.39. The summed E-state index contributed by atoms with van der Waals surface area (Å²) < 4.78 is 4.95. The van der Waals surface area contributed by atoms with Gasteiger partial charge in [0, 0.05) is 25.1 Å². The lowest BCUT2D eigenvalue weighted by Crippen LogP contribution is -2.18. The van der Waals surface area contributed by atoms with Crippen LogP contribution in [0.3, 0.4) is 0 Å². The van der Waals surface area contributed by atoms with E-state index in [2.05, 4.69) is 5.32 Å². The average Bonchev–Trinajstić information content (AvgIpc) is 2.35. The van der Waals surface area contributed by atoms with E-state index in [1.165, 1.54) is 11.8 Å². The van der Waals surface area contributed by atoms with Crippen molar-refractivity contribution in [3.05, 3.63) is 29.8 Å². The molecule has 1 atom stereocenters. The number of rotatable bonds is 8. The van der Waals surface area contributed by atoms with Crippen molar-refractivity contribution in [1.82, 2.24) is 5.32 Å². The Morgan fingerprint density at radius 3 is 3.00 bits per heavy atom. The molecule has 1 unspecified atom stereocenters. The molecule has 1 rings (SSSR count). The predicted octanol–water partition coefficient (Wildman–Crippen LogP) is 1.99. The lowest BCUT2D eigenvalue weighted by Gasteiger charge is -2.08. The number of hydrogen-bond donors (Lipinski definition) is 2. The van der Waals surface area contributed by atoms with Gasteiger partial charge in [0.25, 0.3) is 0 Å². The topological polar surface area (TPSA) is 58.6 Å². The molecule has 1 aromatic rings. The predicted molar refractivity (Wildman–Crippen MR) is 73.0 cm³/mol. The highest BCUT2D eigenvalue weighted by molar-refractivity contribution is 8.00. The van der Waals surface area contributed by atoms with Crippen molar-refractivity contribution in [3.63, 3.8) is 0 Å². The number of ether oxygens (including phenoxy) is 1. The van der Waals surface area contributed by atoms with Crippen molar-refractivity contribution in [2.45, 2.75) is 23.6 Å². The van der Waals surface area contributed by atoms with Gasteiger partial charge in [0.15, 0.2) is 0 Å². The molecule has 4 nitrogen and oxygen atoms in total. The van der Waals surface area contributed by atoms with E-state index in [4.69, 9.17) is 9.84 Å². The zero-order valence-corrected chi connectivity index (χ0v) is 11.5. The summed E-state index contributed by atoms with van der Waals surface area (Å²) in [6, 6.07) is 7.92. The normalized spacial score (nSPS) is 12.3. The molecule has 0 saturated carbocycles. The van der Waals surface area contributed by atoms with Gasteiger partial charge in [0.05, 0.1) is 6.61 Å². The largest absolute Gasteiger partial charge is 0.480 e. The Morgan fingerprint density at radius 2 is 2.33 bits per heavy atom. The third-order valence-electron chi connectivity index (χ3n) is 2.37. The van der Waals surface area contributed by atoms with Gasteiger partial charge in [0.2, 0.25) is 0 Å². The Hall–Kier alpha value is -1.04. The summed E-state index contributed by atoms with van der Waals surface area (Å²) >= 11 is 1.36. The summed E-state index contributed by atoms with van der Waals surface area (Å²) in [4.78, 5) is 11.8. The van der Waals surface area contributed by atoms with E-state index in [1.807, 2.05) is 24.3 Å². The third-order valence-corrected chi connectivity index (χ3v) is 3.45. The maximum absolute atomic E-state index is 10.8. The second kappa shape index (κ2) is 8.13. The zero-order valence-electron chi connectivity index (χ0n) is 10.7. The first-order valence-corrected chi connectivity index (χ1v) is 6.69. The molecule has 0 heterocycles. The van der Waals surface area contributed by atoms with Gasteiger partial charge in [-0.25, -0.2) is 0 Å². The van der Waals surface area contributed by atoms with Crippen LogP contribution >= 0.6 is 11.8 Å². The van der Waals surface area contributed by atoms with Crippen LogP contribution in [0.1, 0.15) is 12.5 Å². The molecule has 18 heavy (non-hydrogen) atoms. The highest BCUT2D eigenvalue weighted by Crippen LogP contribution is 2.24. The van der Waals surface area contributed by atoms with Gasteiger partial charge < -0.3 is 15.2 Å². The van der Waals surface area contributed by atoms with Crippen LogP contribution in [0.5, 0.6) is 0 Å². The minimum Gasteiger partial charge on any atom is -0.480 e. The van der Waals surface area contributed by atoms with Gasteiger partial charge in [-0.05, 0) is 24.6 Å². The standard InChI is InChI=1S/C13H19NO3S/c1-10(13(15)16)18-12-5-3-4-11(8-12)9-14-6-7-17-2/h3-5,8,10,14H,6-7,9H2,1-2H3,(H,15,16). The molecule has 0 fully saturated rings.